The Hall–Kier alpha value is -3.58. The summed E-state index contributed by atoms with van der Waals surface area (Å²) in [5, 5.41) is 19.3. The van der Waals surface area contributed by atoms with E-state index in [1.807, 2.05) is 36.4 Å². The second kappa shape index (κ2) is 7.98. The van der Waals surface area contributed by atoms with Gasteiger partial charge in [-0.3, -0.25) is 15.0 Å². The summed E-state index contributed by atoms with van der Waals surface area (Å²) in [4.78, 5) is 12.8. The van der Waals surface area contributed by atoms with Crippen molar-refractivity contribution in [1.29, 1.82) is 0 Å². The first-order chi connectivity index (χ1) is 13.7. The zero-order chi connectivity index (χ0) is 19.3. The molecule has 0 bridgehead atoms. The van der Waals surface area contributed by atoms with Gasteiger partial charge in [0.25, 0.3) is 5.69 Å². The molecule has 1 aromatic heterocycles. The topological polar surface area (TPSA) is 77.1 Å². The molecule has 0 aliphatic heterocycles. The fourth-order valence-corrected chi connectivity index (χ4v) is 3.21. The second-order valence-electron chi connectivity index (χ2n) is 6.62. The number of nitro groups is 1. The van der Waals surface area contributed by atoms with E-state index in [-0.39, 0.29) is 5.69 Å². The molecule has 0 saturated heterocycles. The fraction of sp³-hybridized carbons (Fsp3) is 0.143. The average Bonchev–Trinajstić information content (AvgIpc) is 3.11. The first-order valence-electron chi connectivity index (χ1n) is 8.97. The number of nitrogens with zero attached hydrogens (tertiary/aromatic N) is 5. The molecular weight excluding hydrogens is 354 g/mol. The van der Waals surface area contributed by atoms with Crippen LogP contribution in [0.2, 0.25) is 0 Å². The van der Waals surface area contributed by atoms with Gasteiger partial charge in [-0.1, -0.05) is 65.9 Å². The summed E-state index contributed by atoms with van der Waals surface area (Å²) in [6.45, 7) is 2.03. The maximum absolute atomic E-state index is 11.0. The number of fused-ring (bicyclic) bond motifs is 1. The lowest BCUT2D eigenvalue weighted by Crippen LogP contribution is -2.26. The lowest BCUT2D eigenvalue weighted by molar-refractivity contribution is -0.384. The van der Waals surface area contributed by atoms with Gasteiger partial charge in [-0.2, -0.15) is 0 Å². The van der Waals surface area contributed by atoms with Gasteiger partial charge in [-0.15, -0.1) is 5.10 Å². The Labute approximate surface area is 162 Å². The van der Waals surface area contributed by atoms with E-state index in [0.717, 1.165) is 18.6 Å². The van der Waals surface area contributed by atoms with Crippen molar-refractivity contribution in [1.82, 2.24) is 19.9 Å². The molecule has 0 aliphatic rings. The average molecular weight is 373 g/mol. The van der Waals surface area contributed by atoms with Crippen molar-refractivity contribution in [2.45, 2.75) is 19.8 Å². The second-order valence-corrected chi connectivity index (χ2v) is 6.62. The molecule has 0 saturated carbocycles. The Bertz CT molecular complexity index is 1040. The Morgan fingerprint density at radius 2 is 1.50 bits per heavy atom. The van der Waals surface area contributed by atoms with Gasteiger partial charge in [0.15, 0.2) is 0 Å². The lowest BCUT2D eigenvalue weighted by atomic mass is 10.2. The standard InChI is InChI=1S/C21H19N5O2/c27-26(28)19-11-12-21-20(13-19)22-23-25(21)16-24(14-17-7-3-1-4-8-17)15-18-9-5-2-6-10-18/h1-13H,14-16H2. The molecule has 7 heteroatoms. The molecule has 0 aliphatic carbocycles. The minimum absolute atomic E-state index is 0.0185. The maximum Gasteiger partial charge on any atom is 0.271 e. The zero-order valence-electron chi connectivity index (χ0n) is 15.2. The summed E-state index contributed by atoms with van der Waals surface area (Å²) in [7, 11) is 0. The highest BCUT2D eigenvalue weighted by molar-refractivity contribution is 5.76. The quantitative estimate of drug-likeness (QED) is 0.361. The predicted molar refractivity (Wildman–Crippen MR) is 106 cm³/mol. The van der Waals surface area contributed by atoms with Crippen LogP contribution < -0.4 is 0 Å². The summed E-state index contributed by atoms with van der Waals surface area (Å²) in [5.41, 5.74) is 3.73. The first kappa shape index (κ1) is 17.8. The van der Waals surface area contributed by atoms with Crippen LogP contribution in [0.1, 0.15) is 11.1 Å². The smallest absolute Gasteiger partial charge is 0.271 e. The molecular formula is C21H19N5O2. The molecule has 0 amide bonds. The summed E-state index contributed by atoms with van der Waals surface area (Å²) >= 11 is 0. The van der Waals surface area contributed by atoms with E-state index in [0.29, 0.717) is 12.2 Å². The molecule has 0 spiro atoms. The van der Waals surface area contributed by atoms with Crippen LogP contribution in [0.25, 0.3) is 11.0 Å². The number of hydrogen-bond acceptors (Lipinski definition) is 5. The number of aromatic nitrogens is 3. The Morgan fingerprint density at radius 3 is 2.07 bits per heavy atom. The van der Waals surface area contributed by atoms with Gasteiger partial charge in [-0.05, 0) is 17.2 Å². The van der Waals surface area contributed by atoms with Crippen LogP contribution in [0.4, 0.5) is 5.69 Å². The Kier molecular flexibility index (Phi) is 5.07. The van der Waals surface area contributed by atoms with E-state index in [9.17, 15) is 10.1 Å². The monoisotopic (exact) mass is 373 g/mol. The van der Waals surface area contributed by atoms with Crippen LogP contribution in [0.15, 0.2) is 78.9 Å². The van der Waals surface area contributed by atoms with Gasteiger partial charge >= 0.3 is 0 Å². The molecule has 1 heterocycles. The fourth-order valence-electron chi connectivity index (χ4n) is 3.21. The highest BCUT2D eigenvalue weighted by Gasteiger charge is 2.14. The number of hydrogen-bond donors (Lipinski definition) is 0. The minimum Gasteiger partial charge on any atom is -0.276 e. The summed E-state index contributed by atoms with van der Waals surface area (Å²) in [6.07, 6.45) is 0. The molecule has 0 unspecified atom stereocenters. The van der Waals surface area contributed by atoms with E-state index in [1.54, 1.807) is 10.7 Å². The number of nitro benzene ring substituents is 1. The number of benzene rings is 3. The van der Waals surface area contributed by atoms with Crippen molar-refractivity contribution >= 4 is 16.7 Å². The van der Waals surface area contributed by atoms with Gasteiger partial charge < -0.3 is 0 Å². The van der Waals surface area contributed by atoms with E-state index in [4.69, 9.17) is 0 Å². The van der Waals surface area contributed by atoms with Crippen LogP contribution in [0.5, 0.6) is 0 Å². The molecule has 28 heavy (non-hydrogen) atoms. The highest BCUT2D eigenvalue weighted by Crippen LogP contribution is 2.20. The van der Waals surface area contributed by atoms with Crippen LogP contribution in [0.3, 0.4) is 0 Å². The maximum atomic E-state index is 11.0. The van der Waals surface area contributed by atoms with Crippen LogP contribution >= 0.6 is 0 Å². The van der Waals surface area contributed by atoms with E-state index < -0.39 is 4.92 Å². The molecule has 4 aromatic rings. The van der Waals surface area contributed by atoms with Crippen molar-refractivity contribution in [2.75, 3.05) is 0 Å². The molecule has 0 N–H and O–H groups in total. The van der Waals surface area contributed by atoms with Crippen LogP contribution in [-0.4, -0.2) is 24.8 Å². The molecule has 7 nitrogen and oxygen atoms in total. The van der Waals surface area contributed by atoms with E-state index in [2.05, 4.69) is 39.5 Å². The minimum atomic E-state index is -0.421. The van der Waals surface area contributed by atoms with E-state index >= 15 is 0 Å². The van der Waals surface area contributed by atoms with Gasteiger partial charge in [-0.25, -0.2) is 4.68 Å². The summed E-state index contributed by atoms with van der Waals surface area (Å²) < 4.78 is 1.78. The third-order valence-electron chi connectivity index (χ3n) is 4.54. The van der Waals surface area contributed by atoms with Gasteiger partial charge in [0.2, 0.25) is 0 Å². The van der Waals surface area contributed by atoms with Crippen LogP contribution in [-0.2, 0) is 19.8 Å². The molecule has 0 fully saturated rings. The Morgan fingerprint density at radius 1 is 0.893 bits per heavy atom. The predicted octanol–water partition coefficient (Wildman–Crippen LogP) is 4.00. The van der Waals surface area contributed by atoms with Crippen molar-refractivity contribution < 1.29 is 4.92 Å². The summed E-state index contributed by atoms with van der Waals surface area (Å²) in [5.74, 6) is 0. The third-order valence-corrected chi connectivity index (χ3v) is 4.54. The van der Waals surface area contributed by atoms with Crippen molar-refractivity contribution in [3.05, 3.63) is 100 Å². The lowest BCUT2D eigenvalue weighted by Gasteiger charge is -2.22. The summed E-state index contributed by atoms with van der Waals surface area (Å²) in [6, 6.07) is 25.2. The molecule has 0 radical (unpaired) electrons. The highest BCUT2D eigenvalue weighted by atomic mass is 16.6. The van der Waals surface area contributed by atoms with Gasteiger partial charge in [0, 0.05) is 25.2 Å². The molecule has 3 aromatic carbocycles. The third kappa shape index (κ3) is 4.05. The van der Waals surface area contributed by atoms with E-state index in [1.165, 1.54) is 23.3 Å². The molecule has 0 atom stereocenters. The number of non-ortho nitro benzene ring substituents is 1. The van der Waals surface area contributed by atoms with Crippen molar-refractivity contribution in [3.63, 3.8) is 0 Å². The largest absolute Gasteiger partial charge is 0.276 e. The van der Waals surface area contributed by atoms with Crippen LogP contribution in [0, 0.1) is 10.1 Å². The van der Waals surface area contributed by atoms with Crippen molar-refractivity contribution in [2.24, 2.45) is 0 Å². The normalized spacial score (nSPS) is 11.2. The number of rotatable bonds is 7. The SMILES string of the molecule is O=[N+]([O-])c1ccc2c(c1)nnn2CN(Cc1ccccc1)Cc1ccccc1. The van der Waals surface area contributed by atoms with Gasteiger partial charge in [0.1, 0.15) is 5.52 Å². The molecule has 4 rings (SSSR count). The van der Waals surface area contributed by atoms with Crippen molar-refractivity contribution in [3.8, 4) is 0 Å². The molecule has 140 valence electrons. The Balaban J connectivity index is 1.61. The zero-order valence-corrected chi connectivity index (χ0v) is 15.2. The first-order valence-corrected chi connectivity index (χ1v) is 8.97. The van der Waals surface area contributed by atoms with Gasteiger partial charge in [0.05, 0.1) is 17.1 Å².